The van der Waals surface area contributed by atoms with Gasteiger partial charge in [0.15, 0.2) is 0 Å². The summed E-state index contributed by atoms with van der Waals surface area (Å²) in [5.74, 6) is -2.16. The van der Waals surface area contributed by atoms with Gasteiger partial charge in [0.25, 0.3) is 0 Å². The third-order valence-electron chi connectivity index (χ3n) is 3.38. The van der Waals surface area contributed by atoms with Gasteiger partial charge in [0.1, 0.15) is 11.3 Å². The van der Waals surface area contributed by atoms with E-state index in [1.165, 1.54) is 31.3 Å². The lowest BCUT2D eigenvalue weighted by Crippen LogP contribution is -2.26. The molecular formula is C14H15NO6. The standard InChI is InChI=1S/C14H15NO6/c1-20-11-4-3-9(6-10(11)13(17)18)15-7-8(5-12(15)16)14(19)21-2/h3-4,6,8H,5,7H2,1-2H3,(H,17,18). The lowest BCUT2D eigenvalue weighted by atomic mass is 10.1. The molecule has 0 aliphatic carbocycles. The van der Waals surface area contributed by atoms with Gasteiger partial charge in [-0.05, 0) is 18.2 Å². The van der Waals surface area contributed by atoms with Gasteiger partial charge in [-0.1, -0.05) is 0 Å². The van der Waals surface area contributed by atoms with Crippen molar-refractivity contribution in [2.24, 2.45) is 5.92 Å². The second kappa shape index (κ2) is 5.82. The Balaban J connectivity index is 2.30. The number of aromatic carboxylic acids is 1. The van der Waals surface area contributed by atoms with Crippen molar-refractivity contribution >= 4 is 23.5 Å². The average molecular weight is 293 g/mol. The third-order valence-corrected chi connectivity index (χ3v) is 3.38. The normalized spacial score (nSPS) is 17.7. The van der Waals surface area contributed by atoms with Crippen LogP contribution in [0.2, 0.25) is 0 Å². The van der Waals surface area contributed by atoms with E-state index in [9.17, 15) is 14.4 Å². The number of carboxylic acid groups (broad SMARTS) is 1. The van der Waals surface area contributed by atoms with E-state index in [0.29, 0.717) is 5.69 Å². The van der Waals surface area contributed by atoms with Crippen LogP contribution in [0.3, 0.4) is 0 Å². The van der Waals surface area contributed by atoms with Crippen molar-refractivity contribution in [2.75, 3.05) is 25.7 Å². The molecule has 0 aromatic heterocycles. The fourth-order valence-electron chi connectivity index (χ4n) is 2.31. The Bertz CT molecular complexity index is 597. The van der Waals surface area contributed by atoms with Gasteiger partial charge in [0.2, 0.25) is 5.91 Å². The SMILES string of the molecule is COC(=O)C1CC(=O)N(c2ccc(OC)c(C(=O)O)c2)C1. The third kappa shape index (κ3) is 2.81. The highest BCUT2D eigenvalue weighted by Gasteiger charge is 2.36. The molecule has 1 aliphatic heterocycles. The van der Waals surface area contributed by atoms with Crippen molar-refractivity contribution in [3.8, 4) is 5.75 Å². The number of anilines is 1. The van der Waals surface area contributed by atoms with Gasteiger partial charge in [0, 0.05) is 18.7 Å². The summed E-state index contributed by atoms with van der Waals surface area (Å²) in [5.41, 5.74) is 0.383. The van der Waals surface area contributed by atoms with E-state index in [-0.39, 0.29) is 30.2 Å². The summed E-state index contributed by atoms with van der Waals surface area (Å²) in [7, 11) is 2.64. The molecule has 0 radical (unpaired) electrons. The summed E-state index contributed by atoms with van der Waals surface area (Å²) >= 11 is 0. The van der Waals surface area contributed by atoms with Crippen LogP contribution in [0.5, 0.6) is 5.75 Å². The lowest BCUT2D eigenvalue weighted by molar-refractivity contribution is -0.145. The van der Waals surface area contributed by atoms with Gasteiger partial charge in [0.05, 0.1) is 20.1 Å². The highest BCUT2D eigenvalue weighted by Crippen LogP contribution is 2.30. The molecule has 1 saturated heterocycles. The summed E-state index contributed by atoms with van der Waals surface area (Å²) < 4.78 is 9.60. The van der Waals surface area contributed by atoms with Crippen LogP contribution in [0.15, 0.2) is 18.2 Å². The summed E-state index contributed by atoms with van der Waals surface area (Å²) in [6, 6.07) is 4.43. The maximum absolute atomic E-state index is 12.0. The van der Waals surface area contributed by atoms with Crippen molar-refractivity contribution in [1.82, 2.24) is 0 Å². The van der Waals surface area contributed by atoms with Gasteiger partial charge in [-0.3, -0.25) is 9.59 Å². The van der Waals surface area contributed by atoms with Crippen molar-refractivity contribution in [3.63, 3.8) is 0 Å². The second-order valence-corrected chi connectivity index (χ2v) is 4.62. The minimum atomic E-state index is -1.15. The first-order chi connectivity index (χ1) is 9.97. The molecular weight excluding hydrogens is 278 g/mol. The monoisotopic (exact) mass is 293 g/mol. The minimum absolute atomic E-state index is 0.0377. The Kier molecular flexibility index (Phi) is 4.11. The fraction of sp³-hybridized carbons (Fsp3) is 0.357. The molecule has 1 aliphatic rings. The van der Waals surface area contributed by atoms with Gasteiger partial charge in [-0.25, -0.2) is 4.79 Å². The number of carbonyl (C=O) groups is 3. The Hall–Kier alpha value is -2.57. The minimum Gasteiger partial charge on any atom is -0.496 e. The molecule has 7 heteroatoms. The van der Waals surface area contributed by atoms with Crippen LogP contribution in [0.25, 0.3) is 0 Å². The Morgan fingerprint density at radius 3 is 2.62 bits per heavy atom. The van der Waals surface area contributed by atoms with E-state index in [2.05, 4.69) is 4.74 Å². The predicted molar refractivity (Wildman–Crippen MR) is 72.4 cm³/mol. The molecule has 112 valence electrons. The van der Waals surface area contributed by atoms with Gasteiger partial charge < -0.3 is 19.5 Å². The number of methoxy groups -OCH3 is 2. The number of benzene rings is 1. The lowest BCUT2D eigenvalue weighted by Gasteiger charge is -2.17. The highest BCUT2D eigenvalue weighted by molar-refractivity contribution is 6.01. The molecule has 0 spiro atoms. The molecule has 21 heavy (non-hydrogen) atoms. The largest absolute Gasteiger partial charge is 0.496 e. The van der Waals surface area contributed by atoms with Crippen LogP contribution in [-0.2, 0) is 14.3 Å². The van der Waals surface area contributed by atoms with Crippen molar-refractivity contribution in [1.29, 1.82) is 0 Å². The number of carboxylic acids is 1. The van der Waals surface area contributed by atoms with E-state index in [1.807, 2.05) is 0 Å². The summed E-state index contributed by atoms with van der Waals surface area (Å²) in [4.78, 5) is 36.1. The highest BCUT2D eigenvalue weighted by atomic mass is 16.5. The van der Waals surface area contributed by atoms with Crippen LogP contribution in [0.1, 0.15) is 16.8 Å². The van der Waals surface area contributed by atoms with Crippen molar-refractivity contribution < 1.29 is 29.0 Å². The van der Waals surface area contributed by atoms with Crippen LogP contribution in [0.4, 0.5) is 5.69 Å². The fourth-order valence-corrected chi connectivity index (χ4v) is 2.31. The van der Waals surface area contributed by atoms with Gasteiger partial charge in [-0.15, -0.1) is 0 Å². The topological polar surface area (TPSA) is 93.1 Å². The zero-order valence-electron chi connectivity index (χ0n) is 11.7. The molecule has 1 aromatic rings. The number of carbonyl (C=O) groups excluding carboxylic acids is 2. The van der Waals surface area contributed by atoms with Gasteiger partial charge >= 0.3 is 11.9 Å². The summed E-state index contributed by atoms with van der Waals surface area (Å²) in [5, 5.41) is 9.15. The second-order valence-electron chi connectivity index (χ2n) is 4.62. The first-order valence-corrected chi connectivity index (χ1v) is 6.27. The van der Waals surface area contributed by atoms with E-state index >= 15 is 0 Å². The van der Waals surface area contributed by atoms with E-state index in [4.69, 9.17) is 9.84 Å². The molecule has 1 N–H and O–H groups in total. The zero-order chi connectivity index (χ0) is 15.6. The number of nitrogens with zero attached hydrogens (tertiary/aromatic N) is 1. The van der Waals surface area contributed by atoms with Crippen LogP contribution in [0, 0.1) is 5.92 Å². The number of hydrogen-bond donors (Lipinski definition) is 1. The molecule has 1 aromatic carbocycles. The first-order valence-electron chi connectivity index (χ1n) is 6.27. The van der Waals surface area contributed by atoms with E-state index in [0.717, 1.165) is 0 Å². The smallest absolute Gasteiger partial charge is 0.339 e. The van der Waals surface area contributed by atoms with E-state index in [1.54, 1.807) is 6.07 Å². The zero-order valence-corrected chi connectivity index (χ0v) is 11.7. The number of rotatable bonds is 4. The Morgan fingerprint density at radius 2 is 2.05 bits per heavy atom. The summed E-state index contributed by atoms with van der Waals surface area (Å²) in [6.07, 6.45) is 0.0567. The molecule has 0 saturated carbocycles. The number of ether oxygens (including phenoxy) is 2. The Labute approximate surface area is 121 Å². The van der Waals surface area contributed by atoms with Crippen LogP contribution in [-0.4, -0.2) is 43.7 Å². The average Bonchev–Trinajstić information content (AvgIpc) is 2.87. The summed E-state index contributed by atoms with van der Waals surface area (Å²) in [6.45, 7) is 0.177. The molecule has 1 amide bonds. The van der Waals surface area contributed by atoms with Crippen LogP contribution < -0.4 is 9.64 Å². The number of amides is 1. The molecule has 1 unspecified atom stereocenters. The van der Waals surface area contributed by atoms with Crippen LogP contribution >= 0.6 is 0 Å². The molecule has 7 nitrogen and oxygen atoms in total. The number of esters is 1. The van der Waals surface area contributed by atoms with Gasteiger partial charge in [-0.2, -0.15) is 0 Å². The predicted octanol–water partition coefficient (Wildman–Crippen LogP) is 0.919. The maximum atomic E-state index is 12.0. The molecule has 1 atom stereocenters. The maximum Gasteiger partial charge on any atom is 0.339 e. The molecule has 1 fully saturated rings. The van der Waals surface area contributed by atoms with Crippen molar-refractivity contribution in [2.45, 2.75) is 6.42 Å². The molecule has 1 heterocycles. The quantitative estimate of drug-likeness (QED) is 0.830. The Morgan fingerprint density at radius 1 is 1.33 bits per heavy atom. The van der Waals surface area contributed by atoms with E-state index < -0.39 is 17.9 Å². The molecule has 0 bridgehead atoms. The molecule has 2 rings (SSSR count). The number of hydrogen-bond acceptors (Lipinski definition) is 5. The van der Waals surface area contributed by atoms with Crippen molar-refractivity contribution in [3.05, 3.63) is 23.8 Å². The first kappa shape index (κ1) is 14.8.